The van der Waals surface area contributed by atoms with Crippen LogP contribution in [0.2, 0.25) is 0 Å². The highest BCUT2D eigenvalue weighted by Gasteiger charge is 2.06. The Kier molecular flexibility index (Phi) is 2.53. The number of fused-ring (bicyclic) bond motifs is 1. The van der Waals surface area contributed by atoms with Crippen LogP contribution in [0.15, 0.2) is 36.7 Å². The second-order valence-electron chi connectivity index (χ2n) is 4.03. The molecule has 2 heterocycles. The number of hydrogen-bond donors (Lipinski definition) is 2. The second kappa shape index (κ2) is 4.19. The summed E-state index contributed by atoms with van der Waals surface area (Å²) in [5.74, 6) is 0.224. The van der Waals surface area contributed by atoms with Crippen molar-refractivity contribution in [3.8, 4) is 11.4 Å². The Labute approximate surface area is 103 Å². The van der Waals surface area contributed by atoms with E-state index in [9.17, 15) is 4.39 Å². The standard InChI is InChI=1S/C13H11FN4/c14-10-4-9(6-16-7-10)13-17-11-2-1-8(5-15)3-12(11)18-13/h1-4,6-7H,5,15H2,(H,17,18). The molecule has 4 nitrogen and oxygen atoms in total. The summed E-state index contributed by atoms with van der Waals surface area (Å²) < 4.78 is 13.1. The van der Waals surface area contributed by atoms with Crippen molar-refractivity contribution in [1.29, 1.82) is 0 Å². The quantitative estimate of drug-likeness (QED) is 0.724. The molecular formula is C13H11FN4. The number of H-pyrrole nitrogens is 1. The molecule has 0 aliphatic carbocycles. The van der Waals surface area contributed by atoms with Crippen LogP contribution in [0.25, 0.3) is 22.4 Å². The number of nitrogens with one attached hydrogen (secondary N) is 1. The van der Waals surface area contributed by atoms with Gasteiger partial charge in [-0.05, 0) is 23.8 Å². The summed E-state index contributed by atoms with van der Waals surface area (Å²) in [6.07, 6.45) is 2.74. The van der Waals surface area contributed by atoms with Crippen molar-refractivity contribution in [1.82, 2.24) is 15.0 Å². The lowest BCUT2D eigenvalue weighted by molar-refractivity contribution is 0.622. The number of nitrogens with two attached hydrogens (primary N) is 1. The van der Waals surface area contributed by atoms with Crippen molar-refractivity contribution in [2.45, 2.75) is 6.54 Å². The second-order valence-corrected chi connectivity index (χ2v) is 4.03. The van der Waals surface area contributed by atoms with E-state index < -0.39 is 0 Å². The molecule has 3 rings (SSSR count). The lowest BCUT2D eigenvalue weighted by Gasteiger charge is -1.95. The van der Waals surface area contributed by atoms with Crippen LogP contribution in [0.5, 0.6) is 0 Å². The van der Waals surface area contributed by atoms with Crippen LogP contribution in [-0.2, 0) is 6.54 Å². The number of aromatic amines is 1. The molecule has 0 spiro atoms. The minimum Gasteiger partial charge on any atom is -0.338 e. The number of halogens is 1. The molecule has 0 amide bonds. The van der Waals surface area contributed by atoms with Gasteiger partial charge in [0.15, 0.2) is 0 Å². The third kappa shape index (κ3) is 1.84. The summed E-state index contributed by atoms with van der Waals surface area (Å²) in [7, 11) is 0. The molecule has 1 aromatic carbocycles. The predicted octanol–water partition coefficient (Wildman–Crippen LogP) is 2.22. The maximum Gasteiger partial charge on any atom is 0.142 e. The summed E-state index contributed by atoms with van der Waals surface area (Å²) >= 11 is 0. The first-order valence-electron chi connectivity index (χ1n) is 5.56. The molecule has 0 fully saturated rings. The molecule has 0 aliphatic rings. The van der Waals surface area contributed by atoms with Gasteiger partial charge < -0.3 is 10.7 Å². The topological polar surface area (TPSA) is 67.6 Å². The minimum atomic E-state index is -0.379. The zero-order valence-electron chi connectivity index (χ0n) is 9.52. The fourth-order valence-corrected chi connectivity index (χ4v) is 1.86. The van der Waals surface area contributed by atoms with Gasteiger partial charge in [-0.2, -0.15) is 0 Å². The molecule has 0 saturated carbocycles. The lowest BCUT2D eigenvalue weighted by Crippen LogP contribution is -1.95. The van der Waals surface area contributed by atoms with Crippen LogP contribution >= 0.6 is 0 Å². The number of nitrogens with zero attached hydrogens (tertiary/aromatic N) is 2. The zero-order valence-corrected chi connectivity index (χ0v) is 9.52. The van der Waals surface area contributed by atoms with Gasteiger partial charge in [0.2, 0.25) is 0 Å². The summed E-state index contributed by atoms with van der Waals surface area (Å²) in [6.45, 7) is 0.478. The highest BCUT2D eigenvalue weighted by atomic mass is 19.1. The summed E-state index contributed by atoms with van der Waals surface area (Å²) in [6, 6.07) is 7.16. The van der Waals surface area contributed by atoms with Crippen molar-refractivity contribution in [3.63, 3.8) is 0 Å². The van der Waals surface area contributed by atoms with Crippen LogP contribution in [-0.4, -0.2) is 15.0 Å². The fourth-order valence-electron chi connectivity index (χ4n) is 1.86. The molecule has 2 aromatic heterocycles. The van der Waals surface area contributed by atoms with Crippen molar-refractivity contribution in [3.05, 3.63) is 48.0 Å². The van der Waals surface area contributed by atoms with E-state index in [1.54, 1.807) is 6.20 Å². The minimum absolute atomic E-state index is 0.379. The predicted molar refractivity (Wildman–Crippen MR) is 67.2 cm³/mol. The molecule has 3 N–H and O–H groups in total. The van der Waals surface area contributed by atoms with Crippen molar-refractivity contribution >= 4 is 11.0 Å². The van der Waals surface area contributed by atoms with Gasteiger partial charge >= 0.3 is 0 Å². The number of pyridine rings is 1. The molecule has 0 atom stereocenters. The van der Waals surface area contributed by atoms with Crippen molar-refractivity contribution in [2.24, 2.45) is 5.73 Å². The fraction of sp³-hybridized carbons (Fsp3) is 0.0769. The molecule has 90 valence electrons. The summed E-state index contributed by atoms with van der Waals surface area (Å²) in [5.41, 5.74) is 8.95. The first-order valence-corrected chi connectivity index (χ1v) is 5.56. The van der Waals surface area contributed by atoms with E-state index in [-0.39, 0.29) is 5.82 Å². The zero-order chi connectivity index (χ0) is 12.5. The van der Waals surface area contributed by atoms with Gasteiger partial charge in [-0.3, -0.25) is 4.98 Å². The first kappa shape index (κ1) is 10.9. The Balaban J connectivity index is 2.13. The number of benzene rings is 1. The van der Waals surface area contributed by atoms with Crippen LogP contribution in [0.1, 0.15) is 5.56 Å². The maximum atomic E-state index is 13.1. The number of rotatable bonds is 2. The number of aromatic nitrogens is 3. The Hall–Kier alpha value is -2.27. The van der Waals surface area contributed by atoms with Crippen LogP contribution in [0.4, 0.5) is 4.39 Å². The van der Waals surface area contributed by atoms with Gasteiger partial charge in [-0.25, -0.2) is 9.37 Å². The van der Waals surface area contributed by atoms with E-state index in [1.165, 1.54) is 12.3 Å². The van der Waals surface area contributed by atoms with Gasteiger partial charge in [-0.1, -0.05) is 6.07 Å². The van der Waals surface area contributed by atoms with E-state index >= 15 is 0 Å². The average molecular weight is 242 g/mol. The highest BCUT2D eigenvalue weighted by Crippen LogP contribution is 2.21. The van der Waals surface area contributed by atoms with Crippen molar-refractivity contribution in [2.75, 3.05) is 0 Å². The smallest absolute Gasteiger partial charge is 0.142 e. The Morgan fingerprint density at radius 1 is 1.22 bits per heavy atom. The van der Waals surface area contributed by atoms with Gasteiger partial charge in [0.25, 0.3) is 0 Å². The number of imidazole rings is 1. The van der Waals surface area contributed by atoms with Gasteiger partial charge in [0.1, 0.15) is 11.6 Å². The SMILES string of the molecule is NCc1ccc2nc(-c3cncc(F)c3)[nH]c2c1. The molecule has 5 heteroatoms. The monoisotopic (exact) mass is 242 g/mol. The molecule has 0 radical (unpaired) electrons. The Morgan fingerprint density at radius 3 is 2.89 bits per heavy atom. The normalized spacial score (nSPS) is 11.0. The summed E-state index contributed by atoms with van der Waals surface area (Å²) in [5, 5.41) is 0. The molecule has 0 unspecified atom stereocenters. The van der Waals surface area contributed by atoms with Gasteiger partial charge in [0, 0.05) is 18.3 Å². The molecule has 18 heavy (non-hydrogen) atoms. The Morgan fingerprint density at radius 2 is 2.11 bits per heavy atom. The third-order valence-corrected chi connectivity index (χ3v) is 2.76. The molecule has 0 aliphatic heterocycles. The van der Waals surface area contributed by atoms with E-state index in [0.717, 1.165) is 16.6 Å². The van der Waals surface area contributed by atoms with Crippen LogP contribution in [0.3, 0.4) is 0 Å². The molecule has 3 aromatic rings. The van der Waals surface area contributed by atoms with Crippen LogP contribution < -0.4 is 5.73 Å². The molecular weight excluding hydrogens is 231 g/mol. The van der Waals surface area contributed by atoms with E-state index in [2.05, 4.69) is 15.0 Å². The van der Waals surface area contributed by atoms with Gasteiger partial charge in [-0.15, -0.1) is 0 Å². The first-order chi connectivity index (χ1) is 8.76. The largest absolute Gasteiger partial charge is 0.338 e. The molecule has 0 bridgehead atoms. The molecule has 0 saturated heterocycles. The van der Waals surface area contributed by atoms with Crippen LogP contribution in [0, 0.1) is 5.82 Å². The van der Waals surface area contributed by atoms with E-state index in [4.69, 9.17) is 5.73 Å². The lowest BCUT2D eigenvalue weighted by atomic mass is 10.2. The summed E-state index contributed by atoms with van der Waals surface area (Å²) in [4.78, 5) is 11.3. The van der Waals surface area contributed by atoms with Gasteiger partial charge in [0.05, 0.1) is 17.2 Å². The Bertz CT molecular complexity index is 705. The maximum absolute atomic E-state index is 13.1. The van der Waals surface area contributed by atoms with Crippen molar-refractivity contribution < 1.29 is 4.39 Å². The number of hydrogen-bond acceptors (Lipinski definition) is 3. The van der Waals surface area contributed by atoms with E-state index in [1.807, 2.05) is 18.2 Å². The third-order valence-electron chi connectivity index (χ3n) is 2.76. The van der Waals surface area contributed by atoms with E-state index in [0.29, 0.717) is 17.9 Å². The highest BCUT2D eigenvalue weighted by molar-refractivity contribution is 5.79. The average Bonchev–Trinajstić information content (AvgIpc) is 2.81.